The summed E-state index contributed by atoms with van der Waals surface area (Å²) in [6.07, 6.45) is 3.86. The van der Waals surface area contributed by atoms with E-state index in [0.29, 0.717) is 34.2 Å². The molecule has 2 N–H and O–H groups in total. The molecule has 0 unspecified atom stereocenters. The lowest BCUT2D eigenvalue weighted by molar-refractivity contribution is -0.124. The van der Waals surface area contributed by atoms with Crippen LogP contribution < -0.4 is 15.8 Å². The van der Waals surface area contributed by atoms with Gasteiger partial charge >= 0.3 is 0 Å². The van der Waals surface area contributed by atoms with E-state index in [-0.39, 0.29) is 5.91 Å². The molecule has 2 aliphatic heterocycles. The van der Waals surface area contributed by atoms with Crippen molar-refractivity contribution < 1.29 is 9.53 Å². The lowest BCUT2D eigenvalue weighted by Crippen LogP contribution is -2.51. The zero-order chi connectivity index (χ0) is 19.6. The highest BCUT2D eigenvalue weighted by molar-refractivity contribution is 6.32. The Kier molecular flexibility index (Phi) is 5.48. The molecular formula is C20H24ClN5O2. The van der Waals surface area contributed by atoms with Gasteiger partial charge in [0.25, 0.3) is 5.91 Å². The summed E-state index contributed by atoms with van der Waals surface area (Å²) in [4.78, 5) is 23.4. The third-order valence-corrected chi connectivity index (χ3v) is 5.73. The minimum Gasteiger partial charge on any atom is -0.380 e. The predicted octanol–water partition coefficient (Wildman–Crippen LogP) is 2.67. The monoisotopic (exact) mass is 401 g/mol. The Morgan fingerprint density at radius 1 is 1.25 bits per heavy atom. The summed E-state index contributed by atoms with van der Waals surface area (Å²) in [5.74, 6) is 0.522. The third-order valence-electron chi connectivity index (χ3n) is 5.45. The van der Waals surface area contributed by atoms with Gasteiger partial charge in [-0.25, -0.2) is 15.4 Å². The van der Waals surface area contributed by atoms with Crippen LogP contribution in [0.5, 0.6) is 0 Å². The molecule has 1 aromatic carbocycles. The molecule has 28 heavy (non-hydrogen) atoms. The number of aromatic nitrogens is 2. The average molecular weight is 402 g/mol. The van der Waals surface area contributed by atoms with Crippen molar-refractivity contribution in [1.29, 1.82) is 0 Å². The topological polar surface area (TPSA) is 79.4 Å². The molecular weight excluding hydrogens is 378 g/mol. The summed E-state index contributed by atoms with van der Waals surface area (Å²) < 4.78 is 5.40. The van der Waals surface area contributed by atoms with Crippen LogP contribution in [-0.2, 0) is 4.74 Å². The molecule has 8 heteroatoms. The van der Waals surface area contributed by atoms with Crippen LogP contribution in [0, 0.1) is 5.41 Å². The van der Waals surface area contributed by atoms with Crippen LogP contribution in [0.3, 0.4) is 0 Å². The van der Waals surface area contributed by atoms with E-state index in [1.807, 2.05) is 19.1 Å². The second-order valence-electron chi connectivity index (χ2n) is 7.41. The maximum Gasteiger partial charge on any atom is 0.265 e. The molecule has 1 aromatic heterocycles. The van der Waals surface area contributed by atoms with Gasteiger partial charge in [0.1, 0.15) is 0 Å². The minimum absolute atomic E-state index is 0.176. The Morgan fingerprint density at radius 2 is 1.96 bits per heavy atom. The number of benzene rings is 1. The van der Waals surface area contributed by atoms with Crippen molar-refractivity contribution in [3.05, 3.63) is 41.0 Å². The summed E-state index contributed by atoms with van der Waals surface area (Å²) in [7, 11) is 0. The Bertz CT molecular complexity index is 844. The second kappa shape index (κ2) is 8.03. The summed E-state index contributed by atoms with van der Waals surface area (Å²) in [5, 5.41) is 0.495. The number of carbonyl (C=O) groups excluding carboxylic acids is 1. The van der Waals surface area contributed by atoms with Gasteiger partial charge in [-0.1, -0.05) is 30.7 Å². The number of anilines is 1. The van der Waals surface area contributed by atoms with Gasteiger partial charge in [-0.05, 0) is 25.0 Å². The minimum atomic E-state index is -0.176. The number of nitrogens with one attached hydrogen (secondary N) is 2. The maximum atomic E-state index is 12.0. The van der Waals surface area contributed by atoms with Gasteiger partial charge in [-0.3, -0.25) is 10.2 Å². The maximum absolute atomic E-state index is 12.0. The predicted molar refractivity (Wildman–Crippen MR) is 108 cm³/mol. The quantitative estimate of drug-likeness (QED) is 0.750. The molecule has 1 amide bonds. The number of nitrogens with zero attached hydrogens (tertiary/aromatic N) is 3. The van der Waals surface area contributed by atoms with Crippen molar-refractivity contribution in [3.63, 3.8) is 0 Å². The van der Waals surface area contributed by atoms with Gasteiger partial charge in [0.15, 0.2) is 0 Å². The molecule has 3 heterocycles. The van der Waals surface area contributed by atoms with Crippen LogP contribution in [0.2, 0.25) is 5.02 Å². The number of rotatable bonds is 5. The van der Waals surface area contributed by atoms with E-state index < -0.39 is 0 Å². The van der Waals surface area contributed by atoms with E-state index in [0.717, 1.165) is 44.7 Å². The molecule has 2 aliphatic rings. The SMILES string of the molecule is CCNNC(=O)c1ccc(-c2nc(N3CCC4(CC3)COC4)ncc2Cl)cc1. The summed E-state index contributed by atoms with van der Waals surface area (Å²) in [5.41, 5.74) is 7.91. The molecule has 0 bridgehead atoms. The van der Waals surface area contributed by atoms with Gasteiger partial charge in [0, 0.05) is 36.2 Å². The molecule has 0 radical (unpaired) electrons. The fourth-order valence-corrected chi connectivity index (χ4v) is 3.79. The van der Waals surface area contributed by atoms with Gasteiger partial charge in [0.2, 0.25) is 5.95 Å². The van der Waals surface area contributed by atoms with Crippen molar-refractivity contribution in [3.8, 4) is 11.3 Å². The van der Waals surface area contributed by atoms with Crippen LogP contribution in [0.1, 0.15) is 30.1 Å². The lowest BCUT2D eigenvalue weighted by atomic mass is 9.77. The Balaban J connectivity index is 1.50. The molecule has 1 spiro atoms. The molecule has 0 atom stereocenters. The first-order chi connectivity index (χ1) is 13.6. The molecule has 4 rings (SSSR count). The number of halogens is 1. The first-order valence-corrected chi connectivity index (χ1v) is 9.97. The highest BCUT2D eigenvalue weighted by Crippen LogP contribution is 2.39. The number of carbonyl (C=O) groups is 1. The van der Waals surface area contributed by atoms with E-state index in [4.69, 9.17) is 21.3 Å². The van der Waals surface area contributed by atoms with Crippen molar-refractivity contribution in [2.24, 2.45) is 5.41 Å². The summed E-state index contributed by atoms with van der Waals surface area (Å²) >= 11 is 6.37. The fraction of sp³-hybridized carbons (Fsp3) is 0.450. The Morgan fingerprint density at radius 3 is 2.57 bits per heavy atom. The molecule has 0 saturated carbocycles. The van der Waals surface area contributed by atoms with E-state index in [1.54, 1.807) is 18.3 Å². The van der Waals surface area contributed by atoms with E-state index in [9.17, 15) is 4.79 Å². The van der Waals surface area contributed by atoms with Crippen molar-refractivity contribution in [2.45, 2.75) is 19.8 Å². The molecule has 2 saturated heterocycles. The summed E-state index contributed by atoms with van der Waals surface area (Å²) in [6.45, 7) is 6.18. The lowest BCUT2D eigenvalue weighted by Gasteiger charge is -2.47. The van der Waals surface area contributed by atoms with E-state index >= 15 is 0 Å². The largest absolute Gasteiger partial charge is 0.380 e. The number of hydrogen-bond donors (Lipinski definition) is 2. The van der Waals surface area contributed by atoms with Crippen LogP contribution in [0.4, 0.5) is 5.95 Å². The normalized spacial score (nSPS) is 18.0. The first kappa shape index (κ1) is 19.1. The highest BCUT2D eigenvalue weighted by Gasteiger charge is 2.41. The molecule has 2 fully saturated rings. The zero-order valence-corrected chi connectivity index (χ0v) is 16.6. The molecule has 7 nitrogen and oxygen atoms in total. The molecule has 0 aliphatic carbocycles. The van der Waals surface area contributed by atoms with Crippen LogP contribution in [0.25, 0.3) is 11.3 Å². The number of hydrogen-bond acceptors (Lipinski definition) is 6. The van der Waals surface area contributed by atoms with Crippen molar-refractivity contribution >= 4 is 23.5 Å². The number of hydrazine groups is 1. The average Bonchev–Trinajstić information content (AvgIpc) is 2.71. The first-order valence-electron chi connectivity index (χ1n) is 9.59. The zero-order valence-electron chi connectivity index (χ0n) is 15.9. The van der Waals surface area contributed by atoms with E-state index in [1.165, 1.54) is 0 Å². The number of piperidine rings is 1. The smallest absolute Gasteiger partial charge is 0.265 e. The highest BCUT2D eigenvalue weighted by atomic mass is 35.5. The molecule has 2 aromatic rings. The van der Waals surface area contributed by atoms with Crippen molar-refractivity contribution in [1.82, 2.24) is 20.8 Å². The number of amides is 1. The van der Waals surface area contributed by atoms with E-state index in [2.05, 4.69) is 20.7 Å². The fourth-order valence-electron chi connectivity index (χ4n) is 3.59. The third kappa shape index (κ3) is 3.83. The van der Waals surface area contributed by atoms with Crippen LogP contribution in [0.15, 0.2) is 30.5 Å². The van der Waals surface area contributed by atoms with Crippen LogP contribution in [-0.4, -0.2) is 48.7 Å². The van der Waals surface area contributed by atoms with Gasteiger partial charge in [-0.15, -0.1) is 0 Å². The Labute approximate surface area is 169 Å². The van der Waals surface area contributed by atoms with Crippen LogP contribution >= 0.6 is 11.6 Å². The van der Waals surface area contributed by atoms with Gasteiger partial charge in [-0.2, -0.15) is 0 Å². The number of ether oxygens (including phenoxy) is 1. The second-order valence-corrected chi connectivity index (χ2v) is 7.82. The summed E-state index contributed by atoms with van der Waals surface area (Å²) in [6, 6.07) is 7.24. The van der Waals surface area contributed by atoms with Crippen molar-refractivity contribution in [2.75, 3.05) is 37.7 Å². The van der Waals surface area contributed by atoms with Gasteiger partial charge in [0.05, 0.1) is 30.1 Å². The Hall–Kier alpha value is -2.22. The standard InChI is InChI=1S/C20H24ClN5O2/c1-2-23-25-18(27)15-5-3-14(4-6-15)17-16(21)11-22-19(24-17)26-9-7-20(8-10-26)12-28-13-20/h3-6,11,23H,2,7-10,12-13H2,1H3,(H,25,27). The van der Waals surface area contributed by atoms with Gasteiger partial charge < -0.3 is 9.64 Å². The molecule has 148 valence electrons.